The smallest absolute Gasteiger partial charge is 0.339 e. The van der Waals surface area contributed by atoms with Crippen LogP contribution in [0.5, 0.6) is 0 Å². The number of benzene rings is 2. The second-order valence-electron chi connectivity index (χ2n) is 7.62. The van der Waals surface area contributed by atoms with Gasteiger partial charge in [-0.25, -0.2) is 18.0 Å². The van der Waals surface area contributed by atoms with E-state index in [9.17, 15) is 22.8 Å². The first-order valence-corrected chi connectivity index (χ1v) is 9.86. The van der Waals surface area contributed by atoms with Crippen molar-refractivity contribution in [2.24, 2.45) is 5.92 Å². The number of fused-ring (bicyclic) bond motifs is 2. The van der Waals surface area contributed by atoms with Gasteiger partial charge in [0.1, 0.15) is 0 Å². The third-order valence-electron chi connectivity index (χ3n) is 5.35. The highest BCUT2D eigenvalue weighted by Crippen LogP contribution is 2.32. The van der Waals surface area contributed by atoms with Gasteiger partial charge >= 0.3 is 5.97 Å². The van der Waals surface area contributed by atoms with E-state index in [1.54, 1.807) is 12.1 Å². The maximum absolute atomic E-state index is 13.7. The molecule has 1 amide bonds. The van der Waals surface area contributed by atoms with Gasteiger partial charge in [0.15, 0.2) is 24.1 Å². The maximum atomic E-state index is 13.7. The van der Waals surface area contributed by atoms with Gasteiger partial charge in [0.25, 0.3) is 5.91 Å². The lowest BCUT2D eigenvalue weighted by Gasteiger charge is -2.24. The van der Waals surface area contributed by atoms with E-state index < -0.39 is 41.6 Å². The molecule has 5 nitrogen and oxygen atoms in total. The van der Waals surface area contributed by atoms with Crippen molar-refractivity contribution in [3.05, 3.63) is 70.7 Å². The minimum Gasteiger partial charge on any atom is -0.452 e. The number of carbonyl (C=O) groups excluding carboxylic acids is 2. The molecule has 4 rings (SSSR count). The highest BCUT2D eigenvalue weighted by molar-refractivity contribution is 6.06. The molecular weight excluding hydrogens is 409 g/mol. The Morgan fingerprint density at radius 1 is 1.13 bits per heavy atom. The van der Waals surface area contributed by atoms with Gasteiger partial charge in [-0.1, -0.05) is 25.1 Å². The first-order valence-electron chi connectivity index (χ1n) is 9.86. The zero-order valence-electron chi connectivity index (χ0n) is 16.7. The average molecular weight is 428 g/mol. The molecule has 1 aliphatic rings. The molecule has 1 unspecified atom stereocenters. The number of anilines is 1. The van der Waals surface area contributed by atoms with E-state index in [4.69, 9.17) is 4.74 Å². The molecule has 0 bridgehead atoms. The molecule has 0 fully saturated rings. The van der Waals surface area contributed by atoms with Crippen molar-refractivity contribution in [1.82, 2.24) is 4.98 Å². The fraction of sp³-hybridized carbons (Fsp3) is 0.261. The topological polar surface area (TPSA) is 68.3 Å². The molecule has 3 aromatic rings. The monoisotopic (exact) mass is 428 g/mol. The van der Waals surface area contributed by atoms with E-state index in [0.717, 1.165) is 30.2 Å². The molecule has 31 heavy (non-hydrogen) atoms. The normalized spacial score (nSPS) is 15.4. The van der Waals surface area contributed by atoms with Crippen molar-refractivity contribution in [2.75, 3.05) is 11.9 Å². The van der Waals surface area contributed by atoms with Gasteiger partial charge in [0.2, 0.25) is 0 Å². The summed E-state index contributed by atoms with van der Waals surface area (Å²) < 4.78 is 45.3. The maximum Gasteiger partial charge on any atom is 0.339 e. The molecule has 0 spiro atoms. The van der Waals surface area contributed by atoms with Crippen molar-refractivity contribution in [3.63, 3.8) is 0 Å². The predicted molar refractivity (Wildman–Crippen MR) is 108 cm³/mol. The molecule has 0 saturated carbocycles. The van der Waals surface area contributed by atoms with E-state index in [1.807, 2.05) is 12.1 Å². The summed E-state index contributed by atoms with van der Waals surface area (Å²) in [5.41, 5.74) is 2.15. The Labute approximate surface area is 176 Å². The second kappa shape index (κ2) is 8.37. The fourth-order valence-electron chi connectivity index (χ4n) is 3.81. The lowest BCUT2D eigenvalue weighted by Crippen LogP contribution is -2.24. The molecule has 2 aromatic carbocycles. The highest BCUT2D eigenvalue weighted by atomic mass is 19.2. The Balaban J connectivity index is 1.56. The number of nitrogens with zero attached hydrogens (tertiary/aromatic N) is 1. The zero-order chi connectivity index (χ0) is 22.1. The van der Waals surface area contributed by atoms with Gasteiger partial charge in [0, 0.05) is 11.1 Å². The summed E-state index contributed by atoms with van der Waals surface area (Å²) in [6, 6.07) is 8.78. The van der Waals surface area contributed by atoms with Crippen LogP contribution in [0.15, 0.2) is 36.4 Å². The van der Waals surface area contributed by atoms with Crippen LogP contribution in [0, 0.1) is 23.4 Å². The molecule has 1 heterocycles. The minimum absolute atomic E-state index is 0.374. The predicted octanol–water partition coefficient (Wildman–Crippen LogP) is 4.57. The first kappa shape index (κ1) is 20.8. The first-order chi connectivity index (χ1) is 14.8. The lowest BCUT2D eigenvalue weighted by atomic mass is 9.84. The van der Waals surface area contributed by atoms with E-state index in [0.29, 0.717) is 34.9 Å². The number of aryl methyl sites for hydroxylation is 1. The van der Waals surface area contributed by atoms with Crippen molar-refractivity contribution >= 4 is 28.5 Å². The summed E-state index contributed by atoms with van der Waals surface area (Å²) in [4.78, 5) is 29.7. The Bertz CT molecular complexity index is 1200. The van der Waals surface area contributed by atoms with Crippen molar-refractivity contribution in [1.29, 1.82) is 0 Å². The van der Waals surface area contributed by atoms with Crippen molar-refractivity contribution < 1.29 is 27.5 Å². The third-order valence-corrected chi connectivity index (χ3v) is 5.35. The standard InChI is InChI=1S/C23H19F3N2O3/c1-12-6-8-17-14(10-12)20(13-4-2-3-5-16(13)27-17)23(30)31-11-19(29)28-18-9-7-15(24)21(25)22(18)26/h2-5,7,9,12H,6,8,10-11H2,1H3,(H,28,29). The van der Waals surface area contributed by atoms with Gasteiger partial charge < -0.3 is 10.1 Å². The molecule has 1 aliphatic carbocycles. The van der Waals surface area contributed by atoms with Crippen LogP contribution >= 0.6 is 0 Å². The van der Waals surface area contributed by atoms with Gasteiger partial charge in [-0.05, 0) is 48.9 Å². The molecule has 1 N–H and O–H groups in total. The highest BCUT2D eigenvalue weighted by Gasteiger charge is 2.26. The molecule has 0 saturated heterocycles. The van der Waals surface area contributed by atoms with Crippen LogP contribution in [-0.2, 0) is 22.4 Å². The second-order valence-corrected chi connectivity index (χ2v) is 7.62. The number of halogens is 3. The number of pyridine rings is 1. The number of hydrogen-bond donors (Lipinski definition) is 1. The molecule has 1 atom stereocenters. The van der Waals surface area contributed by atoms with Gasteiger partial charge in [0.05, 0.1) is 16.8 Å². The molecule has 8 heteroatoms. The van der Waals surface area contributed by atoms with Crippen molar-refractivity contribution in [2.45, 2.75) is 26.2 Å². The minimum atomic E-state index is -1.70. The SMILES string of the molecule is CC1CCc2nc3ccccc3c(C(=O)OCC(=O)Nc3ccc(F)c(F)c3F)c2C1. The fourth-order valence-corrected chi connectivity index (χ4v) is 3.81. The molecule has 0 radical (unpaired) electrons. The van der Waals surface area contributed by atoms with Crippen LogP contribution in [0.3, 0.4) is 0 Å². The number of nitrogens with one attached hydrogen (secondary N) is 1. The molecule has 1 aromatic heterocycles. The molecule has 160 valence electrons. The van der Waals surface area contributed by atoms with Crippen LogP contribution in [0.1, 0.15) is 35.0 Å². The number of aromatic nitrogens is 1. The van der Waals surface area contributed by atoms with E-state index in [1.165, 1.54) is 0 Å². The molecular formula is C23H19F3N2O3. The summed E-state index contributed by atoms with van der Waals surface area (Å²) in [7, 11) is 0. The van der Waals surface area contributed by atoms with Crippen LogP contribution in [0.2, 0.25) is 0 Å². The van der Waals surface area contributed by atoms with Gasteiger partial charge in [-0.2, -0.15) is 0 Å². The largest absolute Gasteiger partial charge is 0.452 e. The number of amides is 1. The van der Waals surface area contributed by atoms with E-state index in [2.05, 4.69) is 17.2 Å². The summed E-state index contributed by atoms with van der Waals surface area (Å²) in [5.74, 6) is -5.78. The van der Waals surface area contributed by atoms with Crippen LogP contribution in [0.4, 0.5) is 18.9 Å². The van der Waals surface area contributed by atoms with E-state index in [-0.39, 0.29) is 0 Å². The Kier molecular flexibility index (Phi) is 5.63. The summed E-state index contributed by atoms with van der Waals surface area (Å²) in [6.45, 7) is 1.38. The number of hydrogen-bond acceptors (Lipinski definition) is 4. The average Bonchev–Trinajstić information content (AvgIpc) is 2.76. The van der Waals surface area contributed by atoms with Gasteiger partial charge in [-0.3, -0.25) is 9.78 Å². The molecule has 0 aliphatic heterocycles. The number of carbonyl (C=O) groups is 2. The Hall–Kier alpha value is -3.42. The zero-order valence-corrected chi connectivity index (χ0v) is 16.7. The third kappa shape index (κ3) is 4.10. The van der Waals surface area contributed by atoms with Crippen LogP contribution in [-0.4, -0.2) is 23.5 Å². The number of rotatable bonds is 4. The van der Waals surface area contributed by atoms with Gasteiger partial charge in [-0.15, -0.1) is 0 Å². The van der Waals surface area contributed by atoms with Crippen molar-refractivity contribution in [3.8, 4) is 0 Å². The van der Waals surface area contributed by atoms with Crippen LogP contribution < -0.4 is 5.32 Å². The number of ether oxygens (including phenoxy) is 1. The number of para-hydroxylation sites is 1. The summed E-state index contributed by atoms with van der Waals surface area (Å²) in [6.07, 6.45) is 2.39. The van der Waals surface area contributed by atoms with E-state index >= 15 is 0 Å². The van der Waals surface area contributed by atoms with Crippen LogP contribution in [0.25, 0.3) is 10.9 Å². The Morgan fingerprint density at radius 2 is 1.90 bits per heavy atom. The quantitative estimate of drug-likeness (QED) is 0.488. The summed E-state index contributed by atoms with van der Waals surface area (Å²) in [5, 5.41) is 2.71. The Morgan fingerprint density at radius 3 is 2.71 bits per heavy atom. The number of esters is 1. The summed E-state index contributed by atoms with van der Waals surface area (Å²) >= 11 is 0. The lowest BCUT2D eigenvalue weighted by molar-refractivity contribution is -0.119.